The van der Waals surface area contributed by atoms with Gasteiger partial charge in [-0.2, -0.15) is 0 Å². The number of hydrogen-bond donors (Lipinski definition) is 2. The zero-order chi connectivity index (χ0) is 12.1. The van der Waals surface area contributed by atoms with E-state index in [1.807, 2.05) is 0 Å². The van der Waals surface area contributed by atoms with Crippen LogP contribution in [0.4, 0.5) is 0 Å². The van der Waals surface area contributed by atoms with Gasteiger partial charge in [-0.1, -0.05) is 29.8 Å². The molecule has 4 nitrogen and oxygen atoms in total. The number of halogens is 1. The van der Waals surface area contributed by atoms with E-state index in [1.165, 1.54) is 6.92 Å². The van der Waals surface area contributed by atoms with E-state index in [-0.39, 0.29) is 12.3 Å². The average Bonchev–Trinajstić information content (AvgIpc) is 2.15. The quantitative estimate of drug-likeness (QED) is 0.847. The number of carboxylic acid groups (broad SMARTS) is 1. The molecule has 0 spiro atoms. The molecule has 0 fully saturated rings. The van der Waals surface area contributed by atoms with E-state index in [9.17, 15) is 9.59 Å². The Balaban J connectivity index is 2.96. The lowest BCUT2D eigenvalue weighted by atomic mass is 10.0. The maximum Gasteiger partial charge on any atom is 0.305 e. The summed E-state index contributed by atoms with van der Waals surface area (Å²) < 4.78 is 0. The van der Waals surface area contributed by atoms with Crippen LogP contribution in [-0.2, 0) is 9.59 Å². The van der Waals surface area contributed by atoms with E-state index >= 15 is 0 Å². The second-order valence-electron chi connectivity index (χ2n) is 3.37. The summed E-state index contributed by atoms with van der Waals surface area (Å²) in [6.45, 7) is 1.34. The van der Waals surface area contributed by atoms with Gasteiger partial charge in [-0.25, -0.2) is 0 Å². The van der Waals surface area contributed by atoms with Crippen LogP contribution in [0.3, 0.4) is 0 Å². The second kappa shape index (κ2) is 5.51. The molecule has 5 heteroatoms. The fraction of sp³-hybridized carbons (Fsp3) is 0.273. The zero-order valence-electron chi connectivity index (χ0n) is 8.74. The van der Waals surface area contributed by atoms with Crippen LogP contribution in [0.15, 0.2) is 24.3 Å². The van der Waals surface area contributed by atoms with E-state index in [0.29, 0.717) is 10.6 Å². The van der Waals surface area contributed by atoms with Crippen LogP contribution in [0.2, 0.25) is 5.02 Å². The molecule has 1 rings (SSSR count). The topological polar surface area (TPSA) is 66.4 Å². The molecule has 0 aliphatic carbocycles. The highest BCUT2D eigenvalue weighted by Gasteiger charge is 2.18. The molecular weight excluding hydrogens is 230 g/mol. The molecule has 1 amide bonds. The number of benzene rings is 1. The highest BCUT2D eigenvalue weighted by molar-refractivity contribution is 6.31. The van der Waals surface area contributed by atoms with Crippen molar-refractivity contribution in [1.29, 1.82) is 0 Å². The van der Waals surface area contributed by atoms with Gasteiger partial charge in [-0.3, -0.25) is 9.59 Å². The Labute approximate surface area is 98.2 Å². The highest BCUT2D eigenvalue weighted by atomic mass is 35.5. The normalized spacial score (nSPS) is 11.9. The fourth-order valence-corrected chi connectivity index (χ4v) is 1.68. The van der Waals surface area contributed by atoms with Crippen LogP contribution in [0.5, 0.6) is 0 Å². The molecule has 0 saturated heterocycles. The van der Waals surface area contributed by atoms with Gasteiger partial charge in [-0.15, -0.1) is 0 Å². The summed E-state index contributed by atoms with van der Waals surface area (Å²) in [7, 11) is 0. The SMILES string of the molecule is CC(=O)N[C@@H](CC(=O)O)c1ccccc1Cl. The minimum absolute atomic E-state index is 0.191. The fourth-order valence-electron chi connectivity index (χ4n) is 1.42. The summed E-state index contributed by atoms with van der Waals surface area (Å²) in [4.78, 5) is 21.7. The van der Waals surface area contributed by atoms with Crippen LogP contribution < -0.4 is 5.32 Å². The van der Waals surface area contributed by atoms with Gasteiger partial charge in [0, 0.05) is 11.9 Å². The standard InChI is InChI=1S/C11H12ClNO3/c1-7(14)13-10(6-11(15)16)8-4-2-3-5-9(8)12/h2-5,10H,6H2,1H3,(H,13,14)(H,15,16)/t10-/m0/s1. The molecule has 2 N–H and O–H groups in total. The van der Waals surface area contributed by atoms with E-state index in [0.717, 1.165) is 0 Å². The van der Waals surface area contributed by atoms with E-state index in [1.54, 1.807) is 24.3 Å². The third-order valence-corrected chi connectivity index (χ3v) is 2.38. The number of carbonyl (C=O) groups is 2. The molecule has 0 aromatic heterocycles. The van der Waals surface area contributed by atoms with Crippen molar-refractivity contribution in [2.24, 2.45) is 0 Å². The maximum absolute atomic E-state index is 11.0. The predicted octanol–water partition coefficient (Wildman–Crippen LogP) is 1.99. The first-order valence-electron chi connectivity index (χ1n) is 4.74. The number of amides is 1. The largest absolute Gasteiger partial charge is 0.481 e. The summed E-state index contributed by atoms with van der Waals surface area (Å²) in [6.07, 6.45) is -0.191. The van der Waals surface area contributed by atoms with Gasteiger partial charge in [-0.05, 0) is 11.6 Å². The molecule has 1 aromatic rings. The zero-order valence-corrected chi connectivity index (χ0v) is 9.49. The van der Waals surface area contributed by atoms with Crippen molar-refractivity contribution in [3.05, 3.63) is 34.9 Å². The smallest absolute Gasteiger partial charge is 0.305 e. The molecule has 1 aromatic carbocycles. The number of rotatable bonds is 4. The Bertz CT molecular complexity index is 390. The van der Waals surface area contributed by atoms with Crippen molar-refractivity contribution >= 4 is 23.5 Å². The Morgan fingerprint density at radius 1 is 1.44 bits per heavy atom. The lowest BCUT2D eigenvalue weighted by Crippen LogP contribution is -2.28. The van der Waals surface area contributed by atoms with Crippen molar-refractivity contribution in [2.75, 3.05) is 0 Å². The van der Waals surface area contributed by atoms with Gasteiger partial charge >= 0.3 is 5.97 Å². The molecule has 0 saturated carbocycles. The summed E-state index contributed by atoms with van der Waals surface area (Å²) in [5, 5.41) is 11.8. The molecule has 86 valence electrons. The Morgan fingerprint density at radius 2 is 2.06 bits per heavy atom. The summed E-state index contributed by atoms with van der Waals surface area (Å²) in [5.74, 6) is -1.27. The number of hydrogen-bond acceptors (Lipinski definition) is 2. The third kappa shape index (κ3) is 3.55. The molecule has 16 heavy (non-hydrogen) atoms. The van der Waals surface area contributed by atoms with E-state index in [2.05, 4.69) is 5.32 Å². The highest BCUT2D eigenvalue weighted by Crippen LogP contribution is 2.24. The van der Waals surface area contributed by atoms with E-state index in [4.69, 9.17) is 16.7 Å². The van der Waals surface area contributed by atoms with Gasteiger partial charge < -0.3 is 10.4 Å². The van der Waals surface area contributed by atoms with Crippen LogP contribution in [0, 0.1) is 0 Å². The predicted molar refractivity (Wildman–Crippen MR) is 60.3 cm³/mol. The maximum atomic E-state index is 11.0. The van der Waals surface area contributed by atoms with Crippen LogP contribution >= 0.6 is 11.6 Å². The molecule has 0 unspecified atom stereocenters. The summed E-state index contributed by atoms with van der Waals surface area (Å²) in [5.41, 5.74) is 0.613. The molecular formula is C11H12ClNO3. The summed E-state index contributed by atoms with van der Waals surface area (Å²) in [6, 6.07) is 6.26. The summed E-state index contributed by atoms with van der Waals surface area (Å²) >= 11 is 5.94. The Morgan fingerprint density at radius 3 is 2.56 bits per heavy atom. The molecule has 0 bridgehead atoms. The average molecular weight is 242 g/mol. The van der Waals surface area contributed by atoms with Crippen LogP contribution in [0.25, 0.3) is 0 Å². The van der Waals surface area contributed by atoms with Crippen molar-refractivity contribution in [2.45, 2.75) is 19.4 Å². The number of nitrogens with one attached hydrogen (secondary N) is 1. The Hall–Kier alpha value is -1.55. The molecule has 0 heterocycles. The van der Waals surface area contributed by atoms with Gasteiger partial charge in [0.15, 0.2) is 0 Å². The third-order valence-electron chi connectivity index (χ3n) is 2.04. The van der Waals surface area contributed by atoms with Crippen molar-refractivity contribution < 1.29 is 14.7 Å². The van der Waals surface area contributed by atoms with Crippen molar-refractivity contribution in [3.8, 4) is 0 Å². The second-order valence-corrected chi connectivity index (χ2v) is 3.78. The number of aliphatic carboxylic acids is 1. The minimum atomic E-state index is -0.987. The first-order chi connectivity index (χ1) is 7.50. The van der Waals surface area contributed by atoms with Crippen LogP contribution in [-0.4, -0.2) is 17.0 Å². The lowest BCUT2D eigenvalue weighted by molar-refractivity contribution is -0.137. The van der Waals surface area contributed by atoms with Gasteiger partial charge in [0.05, 0.1) is 12.5 Å². The first-order valence-corrected chi connectivity index (χ1v) is 5.12. The van der Waals surface area contributed by atoms with E-state index < -0.39 is 12.0 Å². The molecule has 0 radical (unpaired) electrons. The van der Waals surface area contributed by atoms with Crippen molar-refractivity contribution in [1.82, 2.24) is 5.32 Å². The number of carboxylic acids is 1. The van der Waals surface area contributed by atoms with Gasteiger partial charge in [0.1, 0.15) is 0 Å². The minimum Gasteiger partial charge on any atom is -0.481 e. The lowest BCUT2D eigenvalue weighted by Gasteiger charge is -2.17. The monoisotopic (exact) mass is 241 g/mol. The first kappa shape index (κ1) is 12.5. The molecule has 0 aliphatic rings. The Kier molecular flexibility index (Phi) is 4.31. The van der Waals surface area contributed by atoms with Gasteiger partial charge in [0.2, 0.25) is 5.91 Å². The van der Waals surface area contributed by atoms with Crippen LogP contribution in [0.1, 0.15) is 24.9 Å². The van der Waals surface area contributed by atoms with Crippen molar-refractivity contribution in [3.63, 3.8) is 0 Å². The molecule has 0 aliphatic heterocycles. The van der Waals surface area contributed by atoms with Gasteiger partial charge in [0.25, 0.3) is 0 Å². The molecule has 1 atom stereocenters. The number of carbonyl (C=O) groups excluding carboxylic acids is 1.